The van der Waals surface area contributed by atoms with Crippen molar-refractivity contribution < 1.29 is 0 Å². The van der Waals surface area contributed by atoms with Crippen molar-refractivity contribution in [3.8, 4) is 5.95 Å². The number of anilines is 1. The van der Waals surface area contributed by atoms with Gasteiger partial charge in [0, 0.05) is 31.5 Å². The Morgan fingerprint density at radius 2 is 2.00 bits per heavy atom. The number of halogens is 1. The van der Waals surface area contributed by atoms with Gasteiger partial charge in [-0.05, 0) is 38.5 Å². The van der Waals surface area contributed by atoms with Crippen molar-refractivity contribution in [2.24, 2.45) is 0 Å². The Kier molecular flexibility index (Phi) is 4.03. The van der Waals surface area contributed by atoms with Crippen LogP contribution >= 0.6 is 11.6 Å². The predicted octanol–water partition coefficient (Wildman–Crippen LogP) is 1.24. The van der Waals surface area contributed by atoms with Crippen LogP contribution in [-0.4, -0.2) is 62.1 Å². The van der Waals surface area contributed by atoms with Crippen molar-refractivity contribution in [1.82, 2.24) is 29.4 Å². The lowest BCUT2D eigenvalue weighted by atomic mass is 10.3. The second kappa shape index (κ2) is 5.95. The Morgan fingerprint density at radius 3 is 2.76 bits per heavy atom. The monoisotopic (exact) mass is 307 g/mol. The van der Waals surface area contributed by atoms with Crippen molar-refractivity contribution >= 4 is 17.5 Å². The molecule has 2 aromatic rings. The van der Waals surface area contributed by atoms with E-state index < -0.39 is 0 Å². The average Bonchev–Trinajstić information content (AvgIpc) is 2.91. The average molecular weight is 308 g/mol. The number of imidazole rings is 1. The number of likely N-dealkylation sites (N-methyl/N-ethyl adjacent to an activating group) is 1. The Bertz CT molecular complexity index is 601. The van der Waals surface area contributed by atoms with Gasteiger partial charge in [-0.2, -0.15) is 15.0 Å². The van der Waals surface area contributed by atoms with Crippen LogP contribution in [0.15, 0.2) is 18.7 Å². The van der Waals surface area contributed by atoms with Gasteiger partial charge in [0.1, 0.15) is 6.33 Å². The summed E-state index contributed by atoms with van der Waals surface area (Å²) in [5, 5.41) is 0.202. The molecule has 0 aromatic carbocycles. The SMILES string of the molecule is CC1CN(C)CCCN1c1nc(Cl)nc(-n2ccnc2)n1. The lowest BCUT2D eigenvalue weighted by molar-refractivity contribution is 0.337. The summed E-state index contributed by atoms with van der Waals surface area (Å²) in [6.07, 6.45) is 6.19. The summed E-state index contributed by atoms with van der Waals surface area (Å²) >= 11 is 6.07. The summed E-state index contributed by atoms with van der Waals surface area (Å²) in [5.41, 5.74) is 0. The van der Waals surface area contributed by atoms with E-state index in [1.165, 1.54) is 0 Å². The minimum atomic E-state index is 0.202. The Labute approximate surface area is 128 Å². The third kappa shape index (κ3) is 3.14. The van der Waals surface area contributed by atoms with Gasteiger partial charge in [0.25, 0.3) is 0 Å². The first kappa shape index (κ1) is 14.2. The molecule has 0 N–H and O–H groups in total. The van der Waals surface area contributed by atoms with Gasteiger partial charge in [-0.15, -0.1) is 0 Å². The molecule has 0 saturated carbocycles. The molecule has 0 bridgehead atoms. The molecule has 1 unspecified atom stereocenters. The summed E-state index contributed by atoms with van der Waals surface area (Å²) in [6, 6.07) is 0.326. The maximum Gasteiger partial charge on any atom is 0.241 e. The maximum atomic E-state index is 6.07. The molecule has 1 fully saturated rings. The van der Waals surface area contributed by atoms with Gasteiger partial charge in [-0.3, -0.25) is 4.57 Å². The standard InChI is InChI=1S/C13H18ClN7/c1-10-8-19(2)5-3-6-21(10)13-17-11(14)16-12(18-13)20-7-4-15-9-20/h4,7,9-10H,3,5-6,8H2,1-2H3. The van der Waals surface area contributed by atoms with Gasteiger partial charge in [0.05, 0.1) is 0 Å². The minimum Gasteiger partial charge on any atom is -0.337 e. The van der Waals surface area contributed by atoms with E-state index in [0.717, 1.165) is 26.1 Å². The lowest BCUT2D eigenvalue weighted by Crippen LogP contribution is -2.39. The zero-order valence-electron chi connectivity index (χ0n) is 12.1. The van der Waals surface area contributed by atoms with E-state index in [-0.39, 0.29) is 5.28 Å². The number of nitrogens with zero attached hydrogens (tertiary/aromatic N) is 7. The molecule has 1 aliphatic rings. The van der Waals surface area contributed by atoms with Crippen LogP contribution in [0.4, 0.5) is 5.95 Å². The van der Waals surface area contributed by atoms with Crippen molar-refractivity contribution in [3.63, 3.8) is 0 Å². The highest BCUT2D eigenvalue weighted by Gasteiger charge is 2.23. The molecule has 8 heteroatoms. The van der Waals surface area contributed by atoms with E-state index in [1.807, 2.05) is 0 Å². The summed E-state index contributed by atoms with van der Waals surface area (Å²) in [5.74, 6) is 1.12. The maximum absolute atomic E-state index is 6.07. The number of hydrogen-bond acceptors (Lipinski definition) is 6. The smallest absolute Gasteiger partial charge is 0.241 e. The van der Waals surface area contributed by atoms with Crippen molar-refractivity contribution in [1.29, 1.82) is 0 Å². The van der Waals surface area contributed by atoms with Crippen LogP contribution < -0.4 is 4.90 Å². The Morgan fingerprint density at radius 1 is 1.19 bits per heavy atom. The first-order valence-electron chi connectivity index (χ1n) is 6.98. The van der Waals surface area contributed by atoms with E-state index in [2.05, 4.69) is 43.7 Å². The highest BCUT2D eigenvalue weighted by molar-refractivity contribution is 6.28. The summed E-state index contributed by atoms with van der Waals surface area (Å²) in [4.78, 5) is 21.5. The molecule has 2 aromatic heterocycles. The van der Waals surface area contributed by atoms with Crippen LogP contribution in [-0.2, 0) is 0 Å². The molecule has 0 spiro atoms. The summed E-state index contributed by atoms with van der Waals surface area (Å²) in [7, 11) is 2.14. The zero-order valence-corrected chi connectivity index (χ0v) is 12.9. The van der Waals surface area contributed by atoms with Gasteiger partial charge in [-0.1, -0.05) is 0 Å². The van der Waals surface area contributed by atoms with Gasteiger partial charge >= 0.3 is 0 Å². The fourth-order valence-electron chi connectivity index (χ4n) is 2.62. The van der Waals surface area contributed by atoms with Crippen LogP contribution in [0.5, 0.6) is 0 Å². The molecule has 1 aliphatic heterocycles. The van der Waals surface area contributed by atoms with Crippen LogP contribution in [0.3, 0.4) is 0 Å². The largest absolute Gasteiger partial charge is 0.337 e. The molecule has 21 heavy (non-hydrogen) atoms. The van der Waals surface area contributed by atoms with Gasteiger partial charge < -0.3 is 9.80 Å². The van der Waals surface area contributed by atoms with Gasteiger partial charge in [0.15, 0.2) is 0 Å². The molecule has 112 valence electrons. The van der Waals surface area contributed by atoms with E-state index in [9.17, 15) is 0 Å². The quantitative estimate of drug-likeness (QED) is 0.832. The minimum absolute atomic E-state index is 0.202. The molecule has 1 saturated heterocycles. The van der Waals surface area contributed by atoms with E-state index in [1.54, 1.807) is 23.3 Å². The Hall–Kier alpha value is -1.73. The van der Waals surface area contributed by atoms with E-state index in [4.69, 9.17) is 11.6 Å². The van der Waals surface area contributed by atoms with Crippen LogP contribution in [0.25, 0.3) is 5.95 Å². The lowest BCUT2D eigenvalue weighted by Gasteiger charge is -2.28. The van der Waals surface area contributed by atoms with Gasteiger partial charge in [-0.25, -0.2) is 4.98 Å². The topological polar surface area (TPSA) is 63.0 Å². The molecule has 0 aliphatic carbocycles. The fraction of sp³-hybridized carbons (Fsp3) is 0.538. The first-order valence-corrected chi connectivity index (χ1v) is 7.36. The highest BCUT2D eigenvalue weighted by atomic mass is 35.5. The van der Waals surface area contributed by atoms with Crippen molar-refractivity contribution in [2.45, 2.75) is 19.4 Å². The second-order valence-corrected chi connectivity index (χ2v) is 5.67. The van der Waals surface area contributed by atoms with Crippen LogP contribution in [0.2, 0.25) is 5.28 Å². The van der Waals surface area contributed by atoms with E-state index >= 15 is 0 Å². The number of hydrogen-bond donors (Lipinski definition) is 0. The summed E-state index contributed by atoms with van der Waals surface area (Å²) < 4.78 is 1.73. The number of aromatic nitrogens is 5. The fourth-order valence-corrected chi connectivity index (χ4v) is 2.77. The van der Waals surface area contributed by atoms with Crippen molar-refractivity contribution in [3.05, 3.63) is 24.0 Å². The molecule has 1 atom stereocenters. The third-order valence-corrected chi connectivity index (χ3v) is 3.79. The van der Waals surface area contributed by atoms with Gasteiger partial charge in [0.2, 0.25) is 17.2 Å². The summed E-state index contributed by atoms with van der Waals surface area (Å²) in [6.45, 7) is 5.14. The normalized spacial score (nSPS) is 20.5. The molecule has 0 radical (unpaired) electrons. The number of rotatable bonds is 2. The molecule has 3 rings (SSSR count). The molecule has 3 heterocycles. The molecular formula is C13H18ClN7. The predicted molar refractivity (Wildman–Crippen MR) is 80.9 cm³/mol. The Balaban J connectivity index is 1.94. The van der Waals surface area contributed by atoms with Crippen LogP contribution in [0, 0.1) is 0 Å². The van der Waals surface area contributed by atoms with Crippen LogP contribution in [0.1, 0.15) is 13.3 Å². The second-order valence-electron chi connectivity index (χ2n) is 5.33. The first-order chi connectivity index (χ1) is 10.1. The zero-order chi connectivity index (χ0) is 14.8. The highest BCUT2D eigenvalue weighted by Crippen LogP contribution is 2.18. The third-order valence-electron chi connectivity index (χ3n) is 3.62. The van der Waals surface area contributed by atoms with E-state index in [0.29, 0.717) is 17.9 Å². The van der Waals surface area contributed by atoms with Crippen molar-refractivity contribution in [2.75, 3.05) is 31.6 Å². The molecule has 0 amide bonds. The molecular weight excluding hydrogens is 290 g/mol. The molecule has 7 nitrogen and oxygen atoms in total.